The lowest BCUT2D eigenvalue weighted by Crippen LogP contribution is -2.25. The van der Waals surface area contributed by atoms with Crippen LogP contribution in [0.1, 0.15) is 11.1 Å². The van der Waals surface area contributed by atoms with Gasteiger partial charge in [0.25, 0.3) is 5.91 Å². The van der Waals surface area contributed by atoms with Crippen LogP contribution in [0.15, 0.2) is 76.1 Å². The summed E-state index contributed by atoms with van der Waals surface area (Å²) >= 11 is 1.36. The van der Waals surface area contributed by atoms with Crippen molar-refractivity contribution in [3.05, 3.63) is 93.6 Å². The molecular weight excluding hydrogens is 458 g/mol. The average molecular weight is 477 g/mol. The number of aromatic nitrogens is 1. The second-order valence-corrected chi connectivity index (χ2v) is 8.46. The fourth-order valence-electron chi connectivity index (χ4n) is 3.39. The summed E-state index contributed by atoms with van der Waals surface area (Å²) in [6.07, 6.45) is 1.32. The molecule has 34 heavy (non-hydrogen) atoms. The molecule has 170 valence electrons. The van der Waals surface area contributed by atoms with E-state index in [9.17, 15) is 13.6 Å². The van der Waals surface area contributed by atoms with E-state index in [4.69, 9.17) is 9.73 Å². The minimum atomic E-state index is -0.716. The van der Waals surface area contributed by atoms with E-state index >= 15 is 0 Å². The number of benzene rings is 3. The zero-order chi connectivity index (χ0) is 23.7. The summed E-state index contributed by atoms with van der Waals surface area (Å²) in [6, 6.07) is 16.4. The molecule has 0 bridgehead atoms. The summed E-state index contributed by atoms with van der Waals surface area (Å²) in [5.74, 6) is -1.03. The average Bonchev–Trinajstić information content (AvgIpc) is 3.21. The van der Waals surface area contributed by atoms with Crippen LogP contribution in [-0.4, -0.2) is 23.4 Å². The number of ether oxygens (including phenoxy) is 1. The van der Waals surface area contributed by atoms with Gasteiger partial charge in [0.05, 0.1) is 23.3 Å². The first-order valence-corrected chi connectivity index (χ1v) is 11.2. The lowest BCUT2D eigenvalue weighted by Gasteiger charge is -2.18. The Morgan fingerprint density at radius 1 is 1.09 bits per heavy atom. The molecule has 1 aliphatic rings. The largest absolute Gasteiger partial charge is 0.482 e. The highest BCUT2D eigenvalue weighted by Gasteiger charge is 2.18. The van der Waals surface area contributed by atoms with Gasteiger partial charge in [-0.3, -0.25) is 4.79 Å². The first-order chi connectivity index (χ1) is 16.5. The number of hydrogen-bond acceptors (Lipinski definition) is 5. The van der Waals surface area contributed by atoms with Crippen LogP contribution < -0.4 is 14.9 Å². The SMILES string of the molecule is Cc1ccc(N=c2scc(-c3ccc4c(c3)NC(=O)CO4)n2N=Cc2ccc(F)cc2F)cc1. The number of rotatable bonds is 4. The first kappa shape index (κ1) is 21.7. The third-order valence-electron chi connectivity index (χ3n) is 5.13. The number of halogens is 2. The lowest BCUT2D eigenvalue weighted by atomic mass is 10.1. The molecule has 0 unspecified atom stereocenters. The third-order valence-corrected chi connectivity index (χ3v) is 5.94. The van der Waals surface area contributed by atoms with Gasteiger partial charge in [0.2, 0.25) is 4.80 Å². The molecule has 1 aliphatic heterocycles. The molecule has 5 rings (SSSR count). The van der Waals surface area contributed by atoms with Crippen LogP contribution in [0, 0.1) is 18.6 Å². The number of nitrogens with zero attached hydrogens (tertiary/aromatic N) is 3. The zero-order valence-corrected chi connectivity index (χ0v) is 18.8. The van der Waals surface area contributed by atoms with Crippen LogP contribution in [0.5, 0.6) is 5.75 Å². The Kier molecular flexibility index (Phi) is 5.77. The van der Waals surface area contributed by atoms with E-state index in [1.165, 1.54) is 29.7 Å². The number of carbonyl (C=O) groups excluding carboxylic acids is 1. The van der Waals surface area contributed by atoms with Crippen LogP contribution in [0.25, 0.3) is 11.3 Å². The van der Waals surface area contributed by atoms with Gasteiger partial charge in [0, 0.05) is 22.6 Å². The second kappa shape index (κ2) is 9.03. The zero-order valence-electron chi connectivity index (χ0n) is 18.0. The summed E-state index contributed by atoms with van der Waals surface area (Å²) in [7, 11) is 0. The molecule has 0 radical (unpaired) electrons. The molecule has 0 atom stereocenters. The number of nitrogens with one attached hydrogen (secondary N) is 1. The fourth-order valence-corrected chi connectivity index (χ4v) is 4.24. The maximum atomic E-state index is 14.2. The van der Waals surface area contributed by atoms with Gasteiger partial charge in [0.1, 0.15) is 17.4 Å². The van der Waals surface area contributed by atoms with Gasteiger partial charge in [-0.15, -0.1) is 11.3 Å². The Labute approximate surface area is 197 Å². The molecule has 4 aromatic rings. The number of hydrogen-bond donors (Lipinski definition) is 1. The van der Waals surface area contributed by atoms with Crippen molar-refractivity contribution in [2.24, 2.45) is 10.1 Å². The predicted molar refractivity (Wildman–Crippen MR) is 128 cm³/mol. The Bertz CT molecular complexity index is 1490. The highest BCUT2D eigenvalue weighted by atomic mass is 32.1. The van der Waals surface area contributed by atoms with Gasteiger partial charge < -0.3 is 10.1 Å². The van der Waals surface area contributed by atoms with Gasteiger partial charge in [-0.25, -0.2) is 18.4 Å². The monoisotopic (exact) mass is 476 g/mol. The Morgan fingerprint density at radius 3 is 2.71 bits per heavy atom. The van der Waals surface area contributed by atoms with Gasteiger partial charge in [-0.1, -0.05) is 17.7 Å². The molecule has 1 aromatic heterocycles. The van der Waals surface area contributed by atoms with E-state index in [2.05, 4.69) is 10.4 Å². The van der Waals surface area contributed by atoms with Crippen LogP contribution in [-0.2, 0) is 4.79 Å². The quantitative estimate of drug-likeness (QED) is 0.409. The summed E-state index contributed by atoms with van der Waals surface area (Å²) in [6.45, 7) is 1.96. The standard InChI is InChI=1S/C25H18F2N4O2S/c1-15-2-7-19(8-3-15)29-25-31(28-12-17-4-6-18(26)11-20(17)27)22(14-34-25)16-5-9-23-21(10-16)30-24(32)13-33-23/h2-12,14H,13H2,1H3,(H,30,32). The minimum Gasteiger partial charge on any atom is -0.482 e. The van der Waals surface area contributed by atoms with Crippen LogP contribution in [0.2, 0.25) is 0 Å². The molecule has 9 heteroatoms. The van der Waals surface area contributed by atoms with Crippen LogP contribution >= 0.6 is 11.3 Å². The number of carbonyl (C=O) groups is 1. The van der Waals surface area contributed by atoms with Crippen molar-refractivity contribution in [3.63, 3.8) is 0 Å². The number of fused-ring (bicyclic) bond motifs is 1. The summed E-state index contributed by atoms with van der Waals surface area (Å²) in [4.78, 5) is 17.0. The number of aryl methyl sites for hydroxylation is 1. The van der Waals surface area contributed by atoms with E-state index in [0.29, 0.717) is 21.9 Å². The molecule has 1 N–H and O–H groups in total. The highest BCUT2D eigenvalue weighted by Crippen LogP contribution is 2.33. The van der Waals surface area contributed by atoms with Crippen LogP contribution in [0.3, 0.4) is 0 Å². The number of anilines is 1. The third kappa shape index (κ3) is 4.51. The fraction of sp³-hybridized carbons (Fsp3) is 0.0800. The van der Waals surface area contributed by atoms with Crippen LogP contribution in [0.4, 0.5) is 20.2 Å². The van der Waals surface area contributed by atoms with Gasteiger partial charge in [-0.2, -0.15) is 5.10 Å². The Balaban J connectivity index is 1.63. The number of thiazole rings is 1. The lowest BCUT2D eigenvalue weighted by molar-refractivity contribution is -0.118. The highest BCUT2D eigenvalue weighted by molar-refractivity contribution is 7.07. The second-order valence-electron chi connectivity index (χ2n) is 7.62. The summed E-state index contributed by atoms with van der Waals surface area (Å²) in [5, 5.41) is 9.14. The van der Waals surface area contributed by atoms with Crippen molar-refractivity contribution < 1.29 is 18.3 Å². The Hall–Kier alpha value is -4.11. The molecule has 6 nitrogen and oxygen atoms in total. The van der Waals surface area contributed by atoms with E-state index < -0.39 is 11.6 Å². The Morgan fingerprint density at radius 2 is 1.91 bits per heavy atom. The molecule has 1 amide bonds. The smallest absolute Gasteiger partial charge is 0.262 e. The summed E-state index contributed by atoms with van der Waals surface area (Å²) in [5.41, 5.74) is 3.97. The first-order valence-electron chi connectivity index (χ1n) is 10.3. The molecule has 0 aliphatic carbocycles. The molecular formula is C25H18F2N4O2S. The molecule has 0 fully saturated rings. The molecule has 2 heterocycles. The van der Waals surface area contributed by atoms with Gasteiger partial charge in [0.15, 0.2) is 6.61 Å². The van der Waals surface area contributed by atoms with Gasteiger partial charge >= 0.3 is 0 Å². The van der Waals surface area contributed by atoms with Crippen molar-refractivity contribution >= 4 is 34.8 Å². The van der Waals surface area contributed by atoms with Crippen molar-refractivity contribution in [1.29, 1.82) is 0 Å². The van der Waals surface area contributed by atoms with E-state index in [1.807, 2.05) is 42.6 Å². The van der Waals surface area contributed by atoms with E-state index in [1.54, 1.807) is 16.8 Å². The van der Waals surface area contributed by atoms with Gasteiger partial charge in [-0.05, 0) is 49.4 Å². The van der Waals surface area contributed by atoms with Crippen molar-refractivity contribution in [2.75, 3.05) is 11.9 Å². The van der Waals surface area contributed by atoms with E-state index in [-0.39, 0.29) is 18.1 Å². The minimum absolute atomic E-state index is 0.0299. The molecule has 0 saturated heterocycles. The maximum Gasteiger partial charge on any atom is 0.262 e. The van der Waals surface area contributed by atoms with E-state index in [0.717, 1.165) is 22.9 Å². The molecule has 0 saturated carbocycles. The number of amides is 1. The predicted octanol–water partition coefficient (Wildman–Crippen LogP) is 5.25. The normalized spacial score (nSPS) is 13.6. The molecule has 0 spiro atoms. The summed E-state index contributed by atoms with van der Waals surface area (Å²) < 4.78 is 34.5. The maximum absolute atomic E-state index is 14.2. The van der Waals surface area contributed by atoms with Crippen molar-refractivity contribution in [2.45, 2.75) is 6.92 Å². The van der Waals surface area contributed by atoms with Crippen molar-refractivity contribution in [1.82, 2.24) is 4.68 Å². The molecule has 3 aromatic carbocycles. The topological polar surface area (TPSA) is 68.0 Å². The van der Waals surface area contributed by atoms with Crippen molar-refractivity contribution in [3.8, 4) is 17.0 Å².